The van der Waals surface area contributed by atoms with Crippen molar-refractivity contribution in [3.05, 3.63) is 87.2 Å². The Balaban J connectivity index is 1.81. The van der Waals surface area contributed by atoms with Crippen LogP contribution in [-0.4, -0.2) is 60.5 Å². The predicted molar refractivity (Wildman–Crippen MR) is 176 cm³/mol. The van der Waals surface area contributed by atoms with Gasteiger partial charge in [0.1, 0.15) is 18.0 Å². The lowest BCUT2D eigenvalue weighted by Gasteiger charge is -2.44. The summed E-state index contributed by atoms with van der Waals surface area (Å²) in [4.78, 5) is 49.3. The van der Waals surface area contributed by atoms with Crippen LogP contribution in [0.4, 0.5) is 15.9 Å². The van der Waals surface area contributed by atoms with Gasteiger partial charge in [-0.05, 0) is 50.0 Å². The number of nitrogen functional groups attached to an aromatic ring is 1. The van der Waals surface area contributed by atoms with Crippen LogP contribution in [-0.2, 0) is 11.2 Å². The third-order valence-corrected chi connectivity index (χ3v) is 8.54. The maximum atomic E-state index is 14.9. The van der Waals surface area contributed by atoms with Gasteiger partial charge in [-0.25, -0.2) is 28.7 Å². The molecule has 0 bridgehead atoms. The van der Waals surface area contributed by atoms with Crippen molar-refractivity contribution in [2.24, 2.45) is 0 Å². The van der Waals surface area contributed by atoms with Gasteiger partial charge < -0.3 is 15.5 Å². The number of hydrogen-bond donors (Lipinski definition) is 1. The number of fused-ring (bicyclic) bond motifs is 1. The van der Waals surface area contributed by atoms with Crippen molar-refractivity contribution in [3.8, 4) is 5.69 Å². The zero-order valence-corrected chi connectivity index (χ0v) is 27.1. The molecule has 0 spiro atoms. The Hall–Kier alpha value is -4.38. The van der Waals surface area contributed by atoms with Crippen molar-refractivity contribution >= 4 is 40.0 Å². The average Bonchev–Trinajstić information content (AvgIpc) is 2.98. The SMILES string of the molecule is C=CC(=O)N1[C@H](C)CN(c2nc(=O)n(-c3c(C(C)C)ncnc3C(C)C)c3nc(Cc4c(N)cccc4F)c(Cl)cc23)C[C@@H]1C. The van der Waals surface area contributed by atoms with Crippen molar-refractivity contribution in [1.82, 2.24) is 29.4 Å². The maximum absolute atomic E-state index is 14.9. The number of hydrogen-bond acceptors (Lipinski definition) is 8. The molecule has 1 amide bonds. The zero-order chi connectivity index (χ0) is 32.7. The molecule has 1 fully saturated rings. The first-order valence-electron chi connectivity index (χ1n) is 15.0. The number of rotatable bonds is 7. The van der Waals surface area contributed by atoms with Gasteiger partial charge >= 0.3 is 5.69 Å². The van der Waals surface area contributed by atoms with Gasteiger partial charge in [-0.3, -0.25) is 4.79 Å². The highest BCUT2D eigenvalue weighted by Crippen LogP contribution is 2.35. The Morgan fingerprint density at radius 1 is 1.11 bits per heavy atom. The van der Waals surface area contributed by atoms with Gasteiger partial charge in [0.25, 0.3) is 0 Å². The summed E-state index contributed by atoms with van der Waals surface area (Å²) in [5, 5.41) is 0.804. The lowest BCUT2D eigenvalue weighted by molar-refractivity contribution is -0.130. The van der Waals surface area contributed by atoms with E-state index in [1.165, 1.54) is 23.0 Å². The molecule has 0 aliphatic carbocycles. The van der Waals surface area contributed by atoms with Crippen molar-refractivity contribution < 1.29 is 9.18 Å². The molecular weight excluding hydrogens is 595 g/mol. The van der Waals surface area contributed by atoms with Crippen LogP contribution in [0.15, 0.2) is 48.0 Å². The number of piperazine rings is 1. The van der Waals surface area contributed by atoms with Crippen molar-refractivity contribution in [1.29, 1.82) is 0 Å². The second-order valence-electron chi connectivity index (χ2n) is 12.2. The average molecular weight is 633 g/mol. The van der Waals surface area contributed by atoms with E-state index in [2.05, 4.69) is 21.5 Å². The van der Waals surface area contributed by atoms with Gasteiger partial charge in [0, 0.05) is 42.8 Å². The molecule has 0 unspecified atom stereocenters. The fraction of sp³-hybridized carbons (Fsp3) is 0.394. The van der Waals surface area contributed by atoms with Gasteiger partial charge in [-0.1, -0.05) is 51.9 Å². The van der Waals surface area contributed by atoms with E-state index in [4.69, 9.17) is 22.3 Å². The van der Waals surface area contributed by atoms with Crippen LogP contribution < -0.4 is 16.3 Å². The van der Waals surface area contributed by atoms with Gasteiger partial charge in [-0.2, -0.15) is 4.98 Å². The smallest absolute Gasteiger partial charge is 0.355 e. The highest BCUT2D eigenvalue weighted by Gasteiger charge is 2.34. The first kappa shape index (κ1) is 32.0. The lowest BCUT2D eigenvalue weighted by Crippen LogP contribution is -2.58. The van der Waals surface area contributed by atoms with Crippen molar-refractivity contribution in [2.75, 3.05) is 23.7 Å². The van der Waals surface area contributed by atoms with Gasteiger partial charge in [0.2, 0.25) is 5.91 Å². The summed E-state index contributed by atoms with van der Waals surface area (Å²) in [6, 6.07) is 5.85. The third kappa shape index (κ3) is 5.88. The number of carbonyl (C=O) groups is 1. The predicted octanol–water partition coefficient (Wildman–Crippen LogP) is 5.39. The molecule has 0 saturated carbocycles. The molecular formula is C33H38ClFN8O2. The Morgan fingerprint density at radius 3 is 2.29 bits per heavy atom. The topological polar surface area (TPSA) is 123 Å². The summed E-state index contributed by atoms with van der Waals surface area (Å²) in [5.41, 5.74) is 8.61. The summed E-state index contributed by atoms with van der Waals surface area (Å²) >= 11 is 6.86. The molecule has 12 heteroatoms. The quantitative estimate of drug-likeness (QED) is 0.212. The number of benzene rings is 1. The largest absolute Gasteiger partial charge is 0.398 e. The molecule has 4 heterocycles. The summed E-state index contributed by atoms with van der Waals surface area (Å²) in [5.74, 6) is -0.336. The van der Waals surface area contributed by atoms with E-state index >= 15 is 0 Å². The fourth-order valence-electron chi connectivity index (χ4n) is 6.15. The van der Waals surface area contributed by atoms with E-state index in [0.717, 1.165) is 0 Å². The maximum Gasteiger partial charge on any atom is 0.355 e. The van der Waals surface area contributed by atoms with Crippen LogP contribution in [0.5, 0.6) is 0 Å². The molecule has 5 rings (SSSR count). The number of halogens is 2. The van der Waals surface area contributed by atoms with Crippen LogP contribution in [0.25, 0.3) is 16.7 Å². The van der Waals surface area contributed by atoms with Gasteiger partial charge in [-0.15, -0.1) is 0 Å². The first-order valence-corrected chi connectivity index (χ1v) is 15.4. The highest BCUT2D eigenvalue weighted by molar-refractivity contribution is 6.32. The Bertz CT molecular complexity index is 1800. The van der Waals surface area contributed by atoms with Crippen LogP contribution >= 0.6 is 11.6 Å². The molecule has 4 aromatic rings. The molecule has 3 aromatic heterocycles. The molecule has 2 N–H and O–H groups in total. The van der Waals surface area contributed by atoms with E-state index < -0.39 is 11.5 Å². The Labute approximate surface area is 266 Å². The molecule has 2 atom stereocenters. The molecule has 45 heavy (non-hydrogen) atoms. The number of anilines is 2. The van der Waals surface area contributed by atoms with E-state index in [1.54, 1.807) is 23.1 Å². The van der Waals surface area contributed by atoms with Crippen LogP contribution in [0.3, 0.4) is 0 Å². The van der Waals surface area contributed by atoms with E-state index in [1.807, 2.05) is 46.4 Å². The second kappa shape index (κ2) is 12.5. The summed E-state index contributed by atoms with van der Waals surface area (Å²) in [7, 11) is 0. The zero-order valence-electron chi connectivity index (χ0n) is 26.4. The minimum atomic E-state index is -0.563. The number of nitrogens with two attached hydrogens (primary N) is 1. The molecule has 1 aliphatic heterocycles. The van der Waals surface area contributed by atoms with Crippen molar-refractivity contribution in [2.45, 2.75) is 71.9 Å². The summed E-state index contributed by atoms with van der Waals surface area (Å²) in [6.07, 6.45) is 2.83. The number of carbonyl (C=O) groups excluding carboxylic acids is 1. The lowest BCUT2D eigenvalue weighted by atomic mass is 10.0. The number of amides is 1. The van der Waals surface area contributed by atoms with Gasteiger partial charge in [0.15, 0.2) is 5.65 Å². The second-order valence-corrected chi connectivity index (χ2v) is 12.6. The number of pyridine rings is 1. The van der Waals surface area contributed by atoms with E-state index in [9.17, 15) is 14.0 Å². The number of nitrogens with zero attached hydrogens (tertiary/aromatic N) is 7. The Morgan fingerprint density at radius 2 is 1.73 bits per heavy atom. The highest BCUT2D eigenvalue weighted by atomic mass is 35.5. The molecule has 236 valence electrons. The van der Waals surface area contributed by atoms with Gasteiger partial charge in [0.05, 0.1) is 33.2 Å². The van der Waals surface area contributed by atoms with E-state index in [-0.39, 0.29) is 52.5 Å². The third-order valence-electron chi connectivity index (χ3n) is 8.22. The van der Waals surface area contributed by atoms with Crippen LogP contribution in [0.1, 0.15) is 76.0 Å². The van der Waals surface area contributed by atoms with E-state index in [0.29, 0.717) is 52.7 Å². The summed E-state index contributed by atoms with van der Waals surface area (Å²) in [6.45, 7) is 16.4. The Kier molecular flexibility index (Phi) is 8.93. The summed E-state index contributed by atoms with van der Waals surface area (Å²) < 4.78 is 16.4. The first-order chi connectivity index (χ1) is 21.3. The number of aromatic nitrogens is 5. The monoisotopic (exact) mass is 632 g/mol. The molecule has 1 aliphatic rings. The minimum Gasteiger partial charge on any atom is -0.398 e. The van der Waals surface area contributed by atoms with Crippen LogP contribution in [0.2, 0.25) is 5.02 Å². The molecule has 1 aromatic carbocycles. The molecule has 1 saturated heterocycles. The minimum absolute atomic E-state index is 0.00883. The van der Waals surface area contributed by atoms with Crippen molar-refractivity contribution in [3.63, 3.8) is 0 Å². The standard InChI is InChI=1S/C33H38ClFN8O2/c1-8-27(44)42-19(6)14-41(15-20(42)7)31-22-12-23(34)26(13-21-24(35)10-9-11-25(21)36)39-32(22)43(33(45)40-31)30-28(17(2)3)37-16-38-29(30)18(4)5/h8-12,16-20H,1,13-15,36H2,2-7H3/t19-,20+. The van der Waals surface area contributed by atoms with Crippen LogP contribution in [0, 0.1) is 5.82 Å². The normalized spacial score (nSPS) is 17.0. The fourth-order valence-corrected chi connectivity index (χ4v) is 6.37. The molecule has 0 radical (unpaired) electrons. The molecule has 10 nitrogen and oxygen atoms in total.